The average Bonchev–Trinajstić information content (AvgIpc) is 3.11. The molecule has 0 aromatic rings. The van der Waals surface area contributed by atoms with Crippen molar-refractivity contribution in [2.24, 2.45) is 0 Å². The topological polar surface area (TPSA) is 239 Å². The summed E-state index contributed by atoms with van der Waals surface area (Å²) in [6.45, 7) is 2.26. The van der Waals surface area contributed by atoms with Gasteiger partial charge in [0.1, 0.15) is 54.9 Å². The monoisotopic (exact) mass is 722 g/mol. The molecule has 0 bridgehead atoms. The number of rotatable bonds is 25. The molecular weight excluding hydrogens is 656 g/mol. The number of ether oxygens (including phenoxy) is 3. The predicted molar refractivity (Wildman–Crippen MR) is 182 cm³/mol. The zero-order valence-corrected chi connectivity index (χ0v) is 30.1. The summed E-state index contributed by atoms with van der Waals surface area (Å²) in [5.41, 5.74) is 0. The Kier molecular flexibility index (Phi) is 22.1. The summed E-state index contributed by atoms with van der Waals surface area (Å²) in [7, 11) is 0. The lowest BCUT2D eigenvalue weighted by Gasteiger charge is -2.49. The number of nitrogens with zero attached hydrogens (tertiary/aromatic N) is 1. The molecule has 0 radical (unpaired) electrons. The second kappa shape index (κ2) is 24.7. The number of hydrogen-bond donors (Lipinski definition) is 9. The Labute approximate surface area is 296 Å². The summed E-state index contributed by atoms with van der Waals surface area (Å²) in [6.07, 6.45) is -1.84. The van der Waals surface area contributed by atoms with Crippen LogP contribution in [0.5, 0.6) is 0 Å². The van der Waals surface area contributed by atoms with Gasteiger partial charge in [-0.1, -0.05) is 97.3 Å². The standard InChI is InChI=1S/C35H66N2O13/c1-3-5-7-9-11-12-13-14-16-18-26(41)37(23(20-38)33(47)36-19-17-15-10-8-6-4-2)34-30(45)29(44)32(25(22-40)48-34)50-35-31(46)28(43)27(42)24(21-39)49-35/h23-25,27-32,34-35,38-40,42-46H,3-22H2,1-2H3,(H,36,47)/t23-,24+,25+,27-,28-,29+,30+,31+,32+,34?,35-/m0/s1. The van der Waals surface area contributed by atoms with Crippen molar-refractivity contribution < 1.29 is 64.7 Å². The molecule has 11 atom stereocenters. The summed E-state index contributed by atoms with van der Waals surface area (Å²) < 4.78 is 17.0. The van der Waals surface area contributed by atoms with Crippen LogP contribution >= 0.6 is 0 Å². The number of carbonyl (C=O) groups is 2. The Balaban J connectivity index is 2.19. The van der Waals surface area contributed by atoms with E-state index in [1.807, 2.05) is 0 Å². The fraction of sp³-hybridized carbons (Fsp3) is 0.943. The van der Waals surface area contributed by atoms with E-state index in [9.17, 15) is 50.4 Å². The minimum atomic E-state index is -1.92. The summed E-state index contributed by atoms with van der Waals surface area (Å²) in [4.78, 5) is 28.1. The van der Waals surface area contributed by atoms with Gasteiger partial charge in [0, 0.05) is 13.0 Å². The highest BCUT2D eigenvalue weighted by Gasteiger charge is 2.53. The van der Waals surface area contributed by atoms with Gasteiger partial charge in [0.25, 0.3) is 0 Å². The third-order valence-corrected chi connectivity index (χ3v) is 9.68. The summed E-state index contributed by atoms with van der Waals surface area (Å²) in [6, 6.07) is -1.48. The van der Waals surface area contributed by atoms with Crippen LogP contribution in [0.25, 0.3) is 0 Å². The Morgan fingerprint density at radius 1 is 0.660 bits per heavy atom. The Morgan fingerprint density at radius 2 is 1.20 bits per heavy atom. The van der Waals surface area contributed by atoms with Crippen molar-refractivity contribution in [3.05, 3.63) is 0 Å². The van der Waals surface area contributed by atoms with E-state index < -0.39 is 99.0 Å². The summed E-state index contributed by atoms with van der Waals surface area (Å²) >= 11 is 0. The molecular formula is C35H66N2O13. The molecule has 15 heteroatoms. The van der Waals surface area contributed by atoms with Gasteiger partial charge in [0.15, 0.2) is 12.5 Å². The number of aliphatic hydroxyl groups is 8. The molecule has 0 spiro atoms. The first-order valence-electron chi connectivity index (χ1n) is 18.9. The zero-order valence-electron chi connectivity index (χ0n) is 30.1. The highest BCUT2D eigenvalue weighted by molar-refractivity contribution is 5.88. The molecule has 1 unspecified atom stereocenters. The number of amides is 2. The number of unbranched alkanes of at least 4 members (excludes halogenated alkanes) is 13. The normalized spacial score (nSPS) is 30.6. The maximum absolute atomic E-state index is 13.8. The zero-order chi connectivity index (χ0) is 37.1. The van der Waals surface area contributed by atoms with Gasteiger partial charge in [-0.2, -0.15) is 0 Å². The average molecular weight is 723 g/mol. The van der Waals surface area contributed by atoms with Gasteiger partial charge in [-0.3, -0.25) is 14.5 Å². The fourth-order valence-corrected chi connectivity index (χ4v) is 6.54. The molecule has 294 valence electrons. The van der Waals surface area contributed by atoms with Crippen LogP contribution in [-0.4, -0.2) is 151 Å². The van der Waals surface area contributed by atoms with Crippen molar-refractivity contribution in [3.63, 3.8) is 0 Å². The van der Waals surface area contributed by atoms with Crippen molar-refractivity contribution in [3.8, 4) is 0 Å². The first kappa shape index (κ1) is 44.7. The lowest BCUT2D eigenvalue weighted by Crippen LogP contribution is -2.69. The van der Waals surface area contributed by atoms with Gasteiger partial charge in [-0.25, -0.2) is 0 Å². The third kappa shape index (κ3) is 13.5. The van der Waals surface area contributed by atoms with Crippen molar-refractivity contribution in [2.45, 2.75) is 184 Å². The molecule has 2 fully saturated rings. The first-order valence-corrected chi connectivity index (χ1v) is 18.9. The molecule has 0 aromatic carbocycles. The van der Waals surface area contributed by atoms with Crippen LogP contribution in [-0.2, 0) is 23.8 Å². The van der Waals surface area contributed by atoms with Crippen molar-refractivity contribution >= 4 is 11.8 Å². The molecule has 2 aliphatic rings. The Hall–Kier alpha value is -1.50. The number of nitrogens with one attached hydrogen (secondary N) is 1. The highest BCUT2D eigenvalue weighted by Crippen LogP contribution is 2.31. The maximum Gasteiger partial charge on any atom is 0.245 e. The Morgan fingerprint density at radius 3 is 1.74 bits per heavy atom. The SMILES string of the molecule is CCCCCCCCCCCC(=O)N(C1O[C@H](CO)[C@@H](O[C@@H]2O[C@H](CO)[C@H](O)[C@H](O)[C@H]2O)[C@H](O)[C@H]1O)[C@@H](CO)C(=O)NCCCCCCCC. The van der Waals surface area contributed by atoms with E-state index in [0.717, 1.165) is 62.7 Å². The van der Waals surface area contributed by atoms with Crippen LogP contribution in [0.15, 0.2) is 0 Å². The van der Waals surface area contributed by atoms with E-state index in [0.29, 0.717) is 19.4 Å². The van der Waals surface area contributed by atoms with Crippen LogP contribution in [0.3, 0.4) is 0 Å². The quantitative estimate of drug-likeness (QED) is 0.0573. The highest BCUT2D eigenvalue weighted by atomic mass is 16.7. The molecule has 50 heavy (non-hydrogen) atoms. The summed E-state index contributed by atoms with van der Waals surface area (Å²) in [5.74, 6) is -1.25. The van der Waals surface area contributed by atoms with E-state index >= 15 is 0 Å². The lowest BCUT2D eigenvalue weighted by atomic mass is 9.95. The van der Waals surface area contributed by atoms with Crippen LogP contribution in [0.4, 0.5) is 0 Å². The van der Waals surface area contributed by atoms with Crippen molar-refractivity contribution in [1.29, 1.82) is 0 Å². The number of hydrogen-bond acceptors (Lipinski definition) is 13. The smallest absolute Gasteiger partial charge is 0.245 e. The number of aliphatic hydroxyl groups excluding tert-OH is 8. The van der Waals surface area contributed by atoms with Crippen LogP contribution in [0, 0.1) is 0 Å². The van der Waals surface area contributed by atoms with Crippen molar-refractivity contribution in [1.82, 2.24) is 10.2 Å². The van der Waals surface area contributed by atoms with Crippen molar-refractivity contribution in [2.75, 3.05) is 26.4 Å². The van der Waals surface area contributed by atoms with E-state index in [2.05, 4.69) is 19.2 Å². The second-order valence-electron chi connectivity index (χ2n) is 13.7. The predicted octanol–water partition coefficient (Wildman–Crippen LogP) is 0.198. The minimum absolute atomic E-state index is 0.0195. The van der Waals surface area contributed by atoms with E-state index in [4.69, 9.17) is 14.2 Å². The molecule has 2 saturated heterocycles. The largest absolute Gasteiger partial charge is 0.394 e. The molecule has 0 saturated carbocycles. The maximum atomic E-state index is 13.8. The minimum Gasteiger partial charge on any atom is -0.394 e. The molecule has 2 heterocycles. The Bertz CT molecular complexity index is 929. The van der Waals surface area contributed by atoms with Crippen LogP contribution in [0.1, 0.15) is 117 Å². The first-order chi connectivity index (χ1) is 24.1. The molecule has 0 aliphatic carbocycles. The summed E-state index contributed by atoms with van der Waals surface area (Å²) in [5, 5.41) is 86.2. The van der Waals surface area contributed by atoms with Gasteiger partial charge in [0.05, 0.1) is 19.8 Å². The van der Waals surface area contributed by atoms with Gasteiger partial charge < -0.3 is 60.4 Å². The third-order valence-electron chi connectivity index (χ3n) is 9.68. The van der Waals surface area contributed by atoms with E-state index in [1.54, 1.807) is 0 Å². The molecule has 9 N–H and O–H groups in total. The van der Waals surface area contributed by atoms with Gasteiger partial charge in [-0.05, 0) is 12.8 Å². The van der Waals surface area contributed by atoms with Gasteiger partial charge in [0.2, 0.25) is 11.8 Å². The van der Waals surface area contributed by atoms with Crippen LogP contribution < -0.4 is 5.32 Å². The van der Waals surface area contributed by atoms with E-state index in [1.165, 1.54) is 25.7 Å². The van der Waals surface area contributed by atoms with Crippen LogP contribution in [0.2, 0.25) is 0 Å². The molecule has 2 amide bonds. The molecule has 2 rings (SSSR count). The second-order valence-corrected chi connectivity index (χ2v) is 13.7. The number of carbonyl (C=O) groups excluding carboxylic acids is 2. The van der Waals surface area contributed by atoms with Gasteiger partial charge >= 0.3 is 0 Å². The van der Waals surface area contributed by atoms with Gasteiger partial charge in [-0.15, -0.1) is 0 Å². The molecule has 0 aromatic heterocycles. The van der Waals surface area contributed by atoms with E-state index in [-0.39, 0.29) is 6.42 Å². The fourth-order valence-electron chi connectivity index (χ4n) is 6.54. The molecule has 2 aliphatic heterocycles. The lowest BCUT2D eigenvalue weighted by molar-refractivity contribution is -0.348. The molecule has 15 nitrogen and oxygen atoms in total.